The summed E-state index contributed by atoms with van der Waals surface area (Å²) in [6.07, 6.45) is 6.68. The summed E-state index contributed by atoms with van der Waals surface area (Å²) in [7, 11) is -1.32. The number of nitrogens with one attached hydrogen (secondary N) is 1. The molecule has 3 rings (SSSR count). The fraction of sp³-hybridized carbons (Fsp3) is 0.474. The first kappa shape index (κ1) is 21.6. The third-order valence-electron chi connectivity index (χ3n) is 4.82. The van der Waals surface area contributed by atoms with Gasteiger partial charge in [0.1, 0.15) is 11.9 Å². The Morgan fingerprint density at radius 1 is 1.34 bits per heavy atom. The Balaban J connectivity index is 1.51. The quantitative estimate of drug-likeness (QED) is 0.709. The maximum absolute atomic E-state index is 12.3. The summed E-state index contributed by atoms with van der Waals surface area (Å²) in [6.45, 7) is 1.36. The predicted molar refractivity (Wildman–Crippen MR) is 111 cm³/mol. The van der Waals surface area contributed by atoms with Crippen molar-refractivity contribution < 1.29 is 17.9 Å². The van der Waals surface area contributed by atoms with Gasteiger partial charge in [0, 0.05) is 38.4 Å². The molecule has 2 aromatic rings. The molecule has 10 heteroatoms. The number of aromatic nitrogens is 2. The van der Waals surface area contributed by atoms with Gasteiger partial charge in [-0.2, -0.15) is 5.10 Å². The van der Waals surface area contributed by atoms with E-state index in [9.17, 15) is 13.2 Å². The fourth-order valence-corrected chi connectivity index (χ4v) is 4.32. The van der Waals surface area contributed by atoms with E-state index >= 15 is 0 Å². The third-order valence-corrected chi connectivity index (χ3v) is 6.41. The SMILES string of the molecule is Cn1cc(CCNC(=O)c2ccc(OC3CCN(S(C)(=O)=O)CC3)c(Cl)c2)cn1. The molecule has 2 heterocycles. The standard InChI is InChI=1S/C19H25ClN4O4S/c1-23-13-14(12-22-23)5-8-21-19(25)15-3-4-18(17(20)11-15)28-16-6-9-24(10-7-16)29(2,26)27/h3-4,11-13,16H,5-10H2,1-2H3,(H,21,25). The van der Waals surface area contributed by atoms with Crippen LogP contribution in [-0.4, -0.2) is 60.4 Å². The monoisotopic (exact) mass is 440 g/mol. The molecule has 0 atom stereocenters. The van der Waals surface area contributed by atoms with Crippen LogP contribution in [0.1, 0.15) is 28.8 Å². The summed E-state index contributed by atoms with van der Waals surface area (Å²) >= 11 is 6.30. The molecule has 1 amide bonds. The van der Waals surface area contributed by atoms with E-state index in [0.29, 0.717) is 55.2 Å². The molecule has 0 spiro atoms. The molecule has 0 bridgehead atoms. The highest BCUT2D eigenvalue weighted by Gasteiger charge is 2.26. The molecule has 0 radical (unpaired) electrons. The number of amides is 1. The van der Waals surface area contributed by atoms with Crippen LogP contribution in [0.15, 0.2) is 30.6 Å². The van der Waals surface area contributed by atoms with Crippen molar-refractivity contribution in [1.82, 2.24) is 19.4 Å². The highest BCUT2D eigenvalue weighted by atomic mass is 35.5. The molecule has 29 heavy (non-hydrogen) atoms. The van der Waals surface area contributed by atoms with Crippen molar-refractivity contribution in [3.05, 3.63) is 46.7 Å². The van der Waals surface area contributed by atoms with Crippen molar-refractivity contribution in [2.24, 2.45) is 7.05 Å². The first-order valence-electron chi connectivity index (χ1n) is 9.39. The van der Waals surface area contributed by atoms with E-state index in [1.54, 1.807) is 29.1 Å². The number of benzene rings is 1. The zero-order chi connectivity index (χ0) is 21.0. The minimum atomic E-state index is -3.17. The smallest absolute Gasteiger partial charge is 0.251 e. The van der Waals surface area contributed by atoms with Crippen molar-refractivity contribution in [2.75, 3.05) is 25.9 Å². The van der Waals surface area contributed by atoms with Crippen LogP contribution in [0, 0.1) is 0 Å². The summed E-state index contributed by atoms with van der Waals surface area (Å²) in [4.78, 5) is 12.3. The van der Waals surface area contributed by atoms with Gasteiger partial charge in [0.05, 0.1) is 17.5 Å². The van der Waals surface area contributed by atoms with E-state index in [-0.39, 0.29) is 12.0 Å². The molecule has 8 nitrogen and oxygen atoms in total. The number of halogens is 1. The second-order valence-corrected chi connectivity index (χ2v) is 9.54. The summed E-state index contributed by atoms with van der Waals surface area (Å²) in [5.41, 5.74) is 1.51. The van der Waals surface area contributed by atoms with Crippen LogP contribution in [0.2, 0.25) is 5.02 Å². The van der Waals surface area contributed by atoms with E-state index in [0.717, 1.165) is 5.56 Å². The minimum absolute atomic E-state index is 0.107. The molecule has 1 aliphatic rings. The number of sulfonamides is 1. The first-order chi connectivity index (χ1) is 13.7. The molecule has 0 aliphatic carbocycles. The van der Waals surface area contributed by atoms with Gasteiger partial charge in [0.2, 0.25) is 10.0 Å². The molecule has 1 aromatic carbocycles. The lowest BCUT2D eigenvalue weighted by Crippen LogP contribution is -2.41. The van der Waals surface area contributed by atoms with Crippen molar-refractivity contribution in [1.29, 1.82) is 0 Å². The topological polar surface area (TPSA) is 93.5 Å². The molecule has 1 aliphatic heterocycles. The third kappa shape index (κ3) is 5.94. The number of aryl methyl sites for hydroxylation is 1. The van der Waals surface area contributed by atoms with Gasteiger partial charge in [0.15, 0.2) is 0 Å². The van der Waals surface area contributed by atoms with Crippen LogP contribution >= 0.6 is 11.6 Å². The lowest BCUT2D eigenvalue weighted by Gasteiger charge is -2.30. The lowest BCUT2D eigenvalue weighted by molar-refractivity contribution is 0.0954. The maximum Gasteiger partial charge on any atom is 0.251 e. The first-order valence-corrected chi connectivity index (χ1v) is 11.6. The Kier molecular flexibility index (Phi) is 6.81. The summed E-state index contributed by atoms with van der Waals surface area (Å²) < 4.78 is 32.3. The number of rotatable bonds is 7. The number of piperidine rings is 1. The van der Waals surface area contributed by atoms with Crippen LogP contribution in [0.3, 0.4) is 0 Å². The average Bonchev–Trinajstić information content (AvgIpc) is 3.08. The molecule has 158 valence electrons. The van der Waals surface area contributed by atoms with Crippen molar-refractivity contribution in [3.8, 4) is 5.75 Å². The van der Waals surface area contributed by atoms with Gasteiger partial charge in [-0.05, 0) is 43.0 Å². The van der Waals surface area contributed by atoms with Crippen LogP contribution in [0.4, 0.5) is 0 Å². The molecule has 1 saturated heterocycles. The van der Waals surface area contributed by atoms with Gasteiger partial charge in [-0.25, -0.2) is 12.7 Å². The van der Waals surface area contributed by atoms with Crippen LogP contribution in [-0.2, 0) is 23.5 Å². The Bertz CT molecular complexity index is 968. The van der Waals surface area contributed by atoms with Gasteiger partial charge in [-0.1, -0.05) is 11.6 Å². The van der Waals surface area contributed by atoms with E-state index < -0.39 is 10.0 Å². The largest absolute Gasteiger partial charge is 0.489 e. The van der Waals surface area contributed by atoms with E-state index in [1.165, 1.54) is 10.6 Å². The molecular formula is C19H25ClN4O4S. The Hall–Kier alpha value is -2.10. The van der Waals surface area contributed by atoms with E-state index in [4.69, 9.17) is 16.3 Å². The van der Waals surface area contributed by atoms with Gasteiger partial charge >= 0.3 is 0 Å². The summed E-state index contributed by atoms with van der Waals surface area (Å²) in [6, 6.07) is 4.94. The highest BCUT2D eigenvalue weighted by Crippen LogP contribution is 2.28. The van der Waals surface area contributed by atoms with Gasteiger partial charge in [-0.3, -0.25) is 9.48 Å². The van der Waals surface area contributed by atoms with Crippen LogP contribution < -0.4 is 10.1 Å². The zero-order valence-electron chi connectivity index (χ0n) is 16.5. The number of carbonyl (C=O) groups excluding carboxylic acids is 1. The van der Waals surface area contributed by atoms with Gasteiger partial charge in [0.25, 0.3) is 5.91 Å². The number of carbonyl (C=O) groups is 1. The predicted octanol–water partition coefficient (Wildman–Crippen LogP) is 1.85. The van der Waals surface area contributed by atoms with E-state index in [1.807, 2.05) is 13.2 Å². The van der Waals surface area contributed by atoms with Gasteiger partial charge in [-0.15, -0.1) is 0 Å². The summed E-state index contributed by atoms with van der Waals surface area (Å²) in [5.74, 6) is 0.292. The molecule has 1 aromatic heterocycles. The normalized spacial score (nSPS) is 16.0. The second kappa shape index (κ2) is 9.15. The number of hydrogen-bond acceptors (Lipinski definition) is 5. The average molecular weight is 441 g/mol. The molecule has 0 unspecified atom stereocenters. The summed E-state index contributed by atoms with van der Waals surface area (Å²) in [5, 5.41) is 7.32. The Morgan fingerprint density at radius 2 is 2.07 bits per heavy atom. The maximum atomic E-state index is 12.3. The Morgan fingerprint density at radius 3 is 2.66 bits per heavy atom. The highest BCUT2D eigenvalue weighted by molar-refractivity contribution is 7.88. The molecular weight excluding hydrogens is 416 g/mol. The van der Waals surface area contributed by atoms with Crippen molar-refractivity contribution in [2.45, 2.75) is 25.4 Å². The van der Waals surface area contributed by atoms with E-state index in [2.05, 4.69) is 10.4 Å². The number of ether oxygens (including phenoxy) is 1. The second-order valence-electron chi connectivity index (χ2n) is 7.15. The molecule has 1 fully saturated rings. The molecule has 0 saturated carbocycles. The number of hydrogen-bond donors (Lipinski definition) is 1. The lowest BCUT2D eigenvalue weighted by atomic mass is 10.1. The van der Waals surface area contributed by atoms with Crippen LogP contribution in [0.25, 0.3) is 0 Å². The minimum Gasteiger partial charge on any atom is -0.489 e. The number of nitrogens with zero attached hydrogens (tertiary/aromatic N) is 3. The van der Waals surface area contributed by atoms with Crippen LogP contribution in [0.5, 0.6) is 5.75 Å². The van der Waals surface area contributed by atoms with Crippen molar-refractivity contribution >= 4 is 27.5 Å². The zero-order valence-corrected chi connectivity index (χ0v) is 18.0. The Labute approximate surface area is 175 Å². The van der Waals surface area contributed by atoms with Gasteiger partial charge < -0.3 is 10.1 Å². The fourth-order valence-electron chi connectivity index (χ4n) is 3.22. The van der Waals surface area contributed by atoms with Crippen molar-refractivity contribution in [3.63, 3.8) is 0 Å². The molecule has 1 N–H and O–H groups in total.